The number of carbonyl (C=O) groups is 2. The molecule has 0 aliphatic heterocycles. The lowest BCUT2D eigenvalue weighted by Gasteiger charge is -2.10. The van der Waals surface area contributed by atoms with Crippen molar-refractivity contribution in [3.63, 3.8) is 0 Å². The number of hydrogen-bond donors (Lipinski definition) is 1. The van der Waals surface area contributed by atoms with Crippen molar-refractivity contribution in [2.45, 2.75) is 26.9 Å². The van der Waals surface area contributed by atoms with E-state index in [1.54, 1.807) is 55.5 Å². The van der Waals surface area contributed by atoms with Crippen molar-refractivity contribution in [2.24, 2.45) is 5.10 Å². The summed E-state index contributed by atoms with van der Waals surface area (Å²) in [7, 11) is 0. The smallest absolute Gasteiger partial charge is 0.271 e. The Balaban J connectivity index is 2.01. The van der Waals surface area contributed by atoms with Crippen LogP contribution in [0.3, 0.4) is 0 Å². The molecule has 7 nitrogen and oxygen atoms in total. The van der Waals surface area contributed by atoms with Crippen molar-refractivity contribution in [1.29, 1.82) is 0 Å². The van der Waals surface area contributed by atoms with Crippen molar-refractivity contribution >= 4 is 17.6 Å². The predicted molar refractivity (Wildman–Crippen MR) is 98.8 cm³/mol. The van der Waals surface area contributed by atoms with E-state index < -0.39 is 12.6 Å². The van der Waals surface area contributed by atoms with Crippen LogP contribution in [0, 0.1) is 0 Å². The Hall–Kier alpha value is -3.35. The number of carboxylic acids is 1. The molecular weight excluding hydrogens is 348 g/mol. The molecule has 7 heteroatoms. The minimum Gasteiger partial charge on any atom is -0.546 e. The number of aliphatic carboxylic acids is 1. The molecule has 0 aliphatic carbocycles. The van der Waals surface area contributed by atoms with Crippen molar-refractivity contribution < 1.29 is 24.2 Å². The first-order chi connectivity index (χ1) is 12.8. The summed E-state index contributed by atoms with van der Waals surface area (Å²) in [5.41, 5.74) is 4.17. The second-order valence-corrected chi connectivity index (χ2v) is 6.02. The van der Waals surface area contributed by atoms with Gasteiger partial charge in [-0.15, -0.1) is 0 Å². The first-order valence-corrected chi connectivity index (χ1v) is 8.39. The number of carboxylic acid groups (broad SMARTS) is 1. The number of nitrogens with zero attached hydrogens (tertiary/aromatic N) is 1. The number of nitrogens with one attached hydrogen (secondary N) is 1. The summed E-state index contributed by atoms with van der Waals surface area (Å²) in [5.74, 6) is -0.592. The normalized spacial score (nSPS) is 11.2. The maximum absolute atomic E-state index is 12.2. The molecule has 2 aromatic rings. The molecule has 0 fully saturated rings. The van der Waals surface area contributed by atoms with Crippen LogP contribution in [0.25, 0.3) is 0 Å². The highest BCUT2D eigenvalue weighted by atomic mass is 16.5. The Bertz CT molecular complexity index is 829. The Morgan fingerprint density at radius 3 is 2.41 bits per heavy atom. The molecule has 0 unspecified atom stereocenters. The number of hydrogen-bond acceptors (Lipinski definition) is 6. The summed E-state index contributed by atoms with van der Waals surface area (Å²) in [6.07, 6.45) is 0.0587. The minimum atomic E-state index is -1.30. The van der Waals surface area contributed by atoms with E-state index in [0.29, 0.717) is 28.3 Å². The van der Waals surface area contributed by atoms with E-state index in [9.17, 15) is 14.7 Å². The molecule has 2 aromatic carbocycles. The van der Waals surface area contributed by atoms with Crippen molar-refractivity contribution in [1.82, 2.24) is 5.43 Å². The van der Waals surface area contributed by atoms with Gasteiger partial charge in [-0.1, -0.05) is 12.1 Å². The van der Waals surface area contributed by atoms with Crippen molar-refractivity contribution in [2.75, 3.05) is 6.61 Å². The van der Waals surface area contributed by atoms with E-state index in [1.807, 2.05) is 13.8 Å². The molecule has 0 spiro atoms. The number of hydrazone groups is 1. The van der Waals surface area contributed by atoms with Crippen LogP contribution in [0.5, 0.6) is 11.5 Å². The Morgan fingerprint density at radius 2 is 1.78 bits per heavy atom. The fourth-order valence-corrected chi connectivity index (χ4v) is 2.17. The summed E-state index contributed by atoms with van der Waals surface area (Å²) in [6.45, 7) is 5.04. The van der Waals surface area contributed by atoms with Gasteiger partial charge in [0.25, 0.3) is 5.91 Å². The summed E-state index contributed by atoms with van der Waals surface area (Å²) in [5, 5.41) is 14.5. The number of benzene rings is 2. The van der Waals surface area contributed by atoms with Gasteiger partial charge in [0.15, 0.2) is 0 Å². The summed E-state index contributed by atoms with van der Waals surface area (Å²) in [6, 6.07) is 13.5. The summed E-state index contributed by atoms with van der Waals surface area (Å²) < 4.78 is 10.6. The summed E-state index contributed by atoms with van der Waals surface area (Å²) >= 11 is 0. The third kappa shape index (κ3) is 6.47. The Morgan fingerprint density at radius 1 is 1.07 bits per heavy atom. The molecule has 2 rings (SSSR count). The highest BCUT2D eigenvalue weighted by Crippen LogP contribution is 2.15. The molecule has 1 amide bonds. The van der Waals surface area contributed by atoms with E-state index in [-0.39, 0.29) is 12.0 Å². The fourth-order valence-electron chi connectivity index (χ4n) is 2.17. The molecular formula is C20H21N2O5-. The zero-order valence-corrected chi connectivity index (χ0v) is 15.4. The standard InChI is InChI=1S/C20H22N2O5/c1-13(2)27-17-9-7-15(8-10-17)20(25)22-21-14(3)16-5-4-6-18(11-16)26-12-19(23)24/h4-11,13H,12H2,1-3H3,(H,22,25)(H,23,24)/p-1/b21-14-. The average molecular weight is 369 g/mol. The van der Waals surface area contributed by atoms with Crippen LogP contribution in [0.2, 0.25) is 0 Å². The Kier molecular flexibility index (Phi) is 6.93. The van der Waals surface area contributed by atoms with Gasteiger partial charge in [0, 0.05) is 11.1 Å². The van der Waals surface area contributed by atoms with Crippen LogP contribution in [0.15, 0.2) is 53.6 Å². The van der Waals surface area contributed by atoms with E-state index in [0.717, 1.165) is 0 Å². The molecule has 0 saturated carbocycles. The van der Waals surface area contributed by atoms with Crippen LogP contribution in [-0.4, -0.2) is 30.3 Å². The lowest BCUT2D eigenvalue weighted by Crippen LogP contribution is -2.28. The highest BCUT2D eigenvalue weighted by Gasteiger charge is 2.07. The number of ether oxygens (including phenoxy) is 2. The van der Waals surface area contributed by atoms with Gasteiger partial charge >= 0.3 is 0 Å². The zero-order chi connectivity index (χ0) is 19.8. The van der Waals surface area contributed by atoms with E-state index in [4.69, 9.17) is 9.47 Å². The third-order valence-corrected chi connectivity index (χ3v) is 3.42. The predicted octanol–water partition coefficient (Wildman–Crippen LogP) is 1.76. The second-order valence-electron chi connectivity index (χ2n) is 6.02. The van der Waals surface area contributed by atoms with Crippen LogP contribution in [0.4, 0.5) is 0 Å². The SMILES string of the molecule is C/C(=N/NC(=O)c1ccc(OC(C)C)cc1)c1cccc(OCC(=O)[O-])c1. The first-order valence-electron chi connectivity index (χ1n) is 8.39. The van der Waals surface area contributed by atoms with Crippen LogP contribution in [0.1, 0.15) is 36.7 Å². The van der Waals surface area contributed by atoms with Crippen LogP contribution in [-0.2, 0) is 4.79 Å². The average Bonchev–Trinajstić information content (AvgIpc) is 2.64. The molecule has 0 saturated heterocycles. The van der Waals surface area contributed by atoms with Gasteiger partial charge < -0.3 is 19.4 Å². The molecule has 0 atom stereocenters. The lowest BCUT2D eigenvalue weighted by atomic mass is 10.1. The molecule has 0 bridgehead atoms. The number of rotatable bonds is 8. The number of carbonyl (C=O) groups excluding carboxylic acids is 2. The van der Waals surface area contributed by atoms with Gasteiger partial charge in [-0.2, -0.15) is 5.10 Å². The molecule has 142 valence electrons. The fraction of sp³-hybridized carbons (Fsp3) is 0.250. The Labute approximate surface area is 157 Å². The lowest BCUT2D eigenvalue weighted by molar-refractivity contribution is -0.307. The monoisotopic (exact) mass is 369 g/mol. The van der Waals surface area contributed by atoms with Gasteiger partial charge in [0.05, 0.1) is 17.8 Å². The van der Waals surface area contributed by atoms with Gasteiger partial charge in [0.2, 0.25) is 0 Å². The topological polar surface area (TPSA) is 100 Å². The zero-order valence-electron chi connectivity index (χ0n) is 15.4. The molecule has 0 aromatic heterocycles. The molecule has 0 aliphatic rings. The van der Waals surface area contributed by atoms with Crippen molar-refractivity contribution in [3.8, 4) is 11.5 Å². The maximum Gasteiger partial charge on any atom is 0.271 e. The second kappa shape index (κ2) is 9.38. The molecule has 1 N–H and O–H groups in total. The maximum atomic E-state index is 12.2. The highest BCUT2D eigenvalue weighted by molar-refractivity contribution is 6.01. The molecule has 0 radical (unpaired) electrons. The van der Waals surface area contributed by atoms with Crippen LogP contribution >= 0.6 is 0 Å². The van der Waals surface area contributed by atoms with E-state index in [1.165, 1.54) is 0 Å². The third-order valence-electron chi connectivity index (χ3n) is 3.42. The molecule has 27 heavy (non-hydrogen) atoms. The van der Waals surface area contributed by atoms with Gasteiger partial charge in [0.1, 0.15) is 18.1 Å². The molecule has 0 heterocycles. The minimum absolute atomic E-state index is 0.0587. The van der Waals surface area contributed by atoms with E-state index >= 15 is 0 Å². The van der Waals surface area contributed by atoms with Gasteiger partial charge in [-0.25, -0.2) is 5.43 Å². The van der Waals surface area contributed by atoms with Gasteiger partial charge in [-0.05, 0) is 57.2 Å². The summed E-state index contributed by atoms with van der Waals surface area (Å²) in [4.78, 5) is 22.7. The van der Waals surface area contributed by atoms with Crippen LogP contribution < -0.4 is 20.0 Å². The first kappa shape index (κ1) is 20.0. The van der Waals surface area contributed by atoms with Crippen molar-refractivity contribution in [3.05, 3.63) is 59.7 Å². The van der Waals surface area contributed by atoms with E-state index in [2.05, 4.69) is 10.5 Å². The quantitative estimate of drug-likeness (QED) is 0.564. The van der Waals surface area contributed by atoms with Gasteiger partial charge in [-0.3, -0.25) is 4.79 Å². The largest absolute Gasteiger partial charge is 0.546 e. The number of amides is 1.